The molecule has 3 heterocycles. The monoisotopic (exact) mass is 301 g/mol. The summed E-state index contributed by atoms with van der Waals surface area (Å²) in [5, 5.41) is 3.48. The van der Waals surface area contributed by atoms with Crippen molar-refractivity contribution in [2.45, 2.75) is 39.2 Å². The lowest BCUT2D eigenvalue weighted by Gasteiger charge is -2.36. The van der Waals surface area contributed by atoms with Crippen LogP contribution < -0.4 is 5.32 Å². The number of hydrogen-bond acceptors (Lipinski definition) is 3. The maximum absolute atomic E-state index is 12.8. The Hall–Kier alpha value is -0.170. The summed E-state index contributed by atoms with van der Waals surface area (Å²) in [5.41, 5.74) is 0. The van der Waals surface area contributed by atoms with Gasteiger partial charge in [-0.3, -0.25) is 0 Å². The molecule has 3 saturated heterocycles. The lowest BCUT2D eigenvalue weighted by Crippen LogP contribution is -2.49. The Balaban J connectivity index is 1.72. The van der Waals surface area contributed by atoms with Crippen molar-refractivity contribution in [2.75, 3.05) is 32.7 Å². The first-order chi connectivity index (χ1) is 9.46. The zero-order chi connectivity index (χ0) is 14.3. The molecule has 0 aromatic rings. The summed E-state index contributed by atoms with van der Waals surface area (Å²) < 4.78 is 29.1. The fourth-order valence-corrected chi connectivity index (χ4v) is 6.09. The number of nitrogens with zero attached hydrogens (tertiary/aromatic N) is 2. The summed E-state index contributed by atoms with van der Waals surface area (Å²) >= 11 is 0. The highest BCUT2D eigenvalue weighted by molar-refractivity contribution is 7.86. The van der Waals surface area contributed by atoms with E-state index in [1.165, 1.54) is 6.42 Å². The zero-order valence-electron chi connectivity index (χ0n) is 12.6. The summed E-state index contributed by atoms with van der Waals surface area (Å²) in [5.74, 6) is 1.45. The van der Waals surface area contributed by atoms with E-state index in [1.807, 2.05) is 0 Å². The molecule has 3 aliphatic rings. The fraction of sp³-hybridized carbons (Fsp3) is 1.00. The Kier molecular flexibility index (Phi) is 4.10. The predicted octanol–water partition coefficient (Wildman–Crippen LogP) is 0.893. The van der Waals surface area contributed by atoms with Crippen molar-refractivity contribution in [3.63, 3.8) is 0 Å². The van der Waals surface area contributed by atoms with E-state index in [-0.39, 0.29) is 0 Å². The SMILES string of the molecule is CC1CC(C)CN(S(=O)(=O)N2CC3CCCNC3C2)C1. The standard InChI is InChI=1S/C14H27N3O2S/c1-11-6-12(2)8-16(7-11)20(18,19)17-9-13-4-3-5-15-14(13)10-17/h11-15H,3-10H2,1-2H3. The molecule has 0 bridgehead atoms. The Labute approximate surface area is 122 Å². The molecular formula is C14H27N3O2S. The van der Waals surface area contributed by atoms with E-state index in [0.717, 1.165) is 19.4 Å². The summed E-state index contributed by atoms with van der Waals surface area (Å²) in [7, 11) is -3.26. The first kappa shape index (κ1) is 14.8. The average Bonchev–Trinajstić information content (AvgIpc) is 2.82. The fourth-order valence-electron chi connectivity index (χ4n) is 4.15. The van der Waals surface area contributed by atoms with Gasteiger partial charge in [0.15, 0.2) is 0 Å². The highest BCUT2D eigenvalue weighted by Crippen LogP contribution is 2.30. The van der Waals surface area contributed by atoms with Crippen molar-refractivity contribution in [3.05, 3.63) is 0 Å². The summed E-state index contributed by atoms with van der Waals surface area (Å²) in [4.78, 5) is 0. The topological polar surface area (TPSA) is 52.7 Å². The largest absolute Gasteiger partial charge is 0.312 e. The van der Waals surface area contributed by atoms with E-state index < -0.39 is 10.2 Å². The van der Waals surface area contributed by atoms with Crippen molar-refractivity contribution in [1.82, 2.24) is 13.9 Å². The first-order valence-corrected chi connectivity index (χ1v) is 9.35. The summed E-state index contributed by atoms with van der Waals surface area (Å²) in [6.07, 6.45) is 3.47. The molecule has 0 saturated carbocycles. The minimum absolute atomic E-state index is 0.373. The minimum Gasteiger partial charge on any atom is -0.312 e. The number of fused-ring (bicyclic) bond motifs is 1. The van der Waals surface area contributed by atoms with Crippen LogP contribution in [0.4, 0.5) is 0 Å². The average molecular weight is 301 g/mol. The van der Waals surface area contributed by atoms with Crippen molar-refractivity contribution in [2.24, 2.45) is 17.8 Å². The van der Waals surface area contributed by atoms with Gasteiger partial charge in [-0.25, -0.2) is 0 Å². The van der Waals surface area contributed by atoms with Crippen LogP contribution in [0.5, 0.6) is 0 Å². The molecule has 0 aromatic carbocycles. The maximum Gasteiger partial charge on any atom is 0.282 e. The molecule has 4 atom stereocenters. The smallest absolute Gasteiger partial charge is 0.282 e. The van der Waals surface area contributed by atoms with E-state index in [4.69, 9.17) is 0 Å². The molecule has 4 unspecified atom stereocenters. The Morgan fingerprint density at radius 2 is 1.65 bits per heavy atom. The predicted molar refractivity (Wildman–Crippen MR) is 79.5 cm³/mol. The lowest BCUT2D eigenvalue weighted by atomic mass is 9.94. The van der Waals surface area contributed by atoms with Crippen molar-refractivity contribution >= 4 is 10.2 Å². The molecule has 116 valence electrons. The summed E-state index contributed by atoms with van der Waals surface area (Å²) in [6.45, 7) is 8.09. The molecule has 3 fully saturated rings. The minimum atomic E-state index is -3.26. The van der Waals surface area contributed by atoms with Gasteiger partial charge in [-0.05, 0) is 43.6 Å². The van der Waals surface area contributed by atoms with E-state index >= 15 is 0 Å². The van der Waals surface area contributed by atoms with Crippen LogP contribution >= 0.6 is 0 Å². The number of piperidine rings is 2. The molecule has 0 aliphatic carbocycles. The van der Waals surface area contributed by atoms with Gasteiger partial charge in [0.2, 0.25) is 0 Å². The van der Waals surface area contributed by atoms with Gasteiger partial charge in [0.1, 0.15) is 0 Å². The second-order valence-corrected chi connectivity index (χ2v) is 8.98. The van der Waals surface area contributed by atoms with Gasteiger partial charge in [0.25, 0.3) is 10.2 Å². The number of nitrogens with one attached hydrogen (secondary N) is 1. The van der Waals surface area contributed by atoms with Gasteiger partial charge in [0.05, 0.1) is 0 Å². The highest BCUT2D eigenvalue weighted by Gasteiger charge is 2.43. The molecule has 1 N–H and O–H groups in total. The Morgan fingerprint density at radius 1 is 1.00 bits per heavy atom. The van der Waals surface area contributed by atoms with Crippen LogP contribution in [0.1, 0.15) is 33.1 Å². The molecule has 0 aromatic heterocycles. The zero-order valence-corrected chi connectivity index (χ0v) is 13.4. The molecule has 0 radical (unpaired) electrons. The highest BCUT2D eigenvalue weighted by atomic mass is 32.2. The molecule has 6 heteroatoms. The second kappa shape index (κ2) is 5.55. The van der Waals surface area contributed by atoms with Crippen LogP contribution in [-0.4, -0.2) is 55.8 Å². The normalized spacial score (nSPS) is 40.7. The molecule has 3 rings (SSSR count). The number of rotatable bonds is 2. The van der Waals surface area contributed by atoms with Gasteiger partial charge < -0.3 is 5.32 Å². The third kappa shape index (κ3) is 2.75. The molecule has 20 heavy (non-hydrogen) atoms. The molecular weight excluding hydrogens is 274 g/mol. The van der Waals surface area contributed by atoms with Gasteiger partial charge in [-0.1, -0.05) is 13.8 Å². The van der Waals surface area contributed by atoms with Crippen LogP contribution in [0.3, 0.4) is 0 Å². The van der Waals surface area contributed by atoms with E-state index in [0.29, 0.717) is 50.0 Å². The third-order valence-electron chi connectivity index (χ3n) is 5.05. The van der Waals surface area contributed by atoms with Crippen LogP contribution in [0.25, 0.3) is 0 Å². The number of hydrogen-bond donors (Lipinski definition) is 1. The van der Waals surface area contributed by atoms with Crippen LogP contribution in [0, 0.1) is 17.8 Å². The quantitative estimate of drug-likeness (QED) is 0.824. The second-order valence-electron chi connectivity index (χ2n) is 7.05. The molecule has 5 nitrogen and oxygen atoms in total. The molecule has 0 spiro atoms. The lowest BCUT2D eigenvalue weighted by molar-refractivity contribution is 0.211. The van der Waals surface area contributed by atoms with Crippen molar-refractivity contribution in [3.8, 4) is 0 Å². The van der Waals surface area contributed by atoms with Crippen molar-refractivity contribution < 1.29 is 8.42 Å². The first-order valence-electron chi connectivity index (χ1n) is 7.95. The van der Waals surface area contributed by atoms with E-state index in [9.17, 15) is 8.42 Å². The van der Waals surface area contributed by atoms with Gasteiger partial charge >= 0.3 is 0 Å². The summed E-state index contributed by atoms with van der Waals surface area (Å²) in [6, 6.07) is 0.373. The van der Waals surface area contributed by atoms with Crippen molar-refractivity contribution in [1.29, 1.82) is 0 Å². The van der Waals surface area contributed by atoms with E-state index in [2.05, 4.69) is 19.2 Å². The third-order valence-corrected chi connectivity index (χ3v) is 6.96. The van der Waals surface area contributed by atoms with Gasteiger partial charge in [-0.15, -0.1) is 0 Å². The Bertz CT molecular complexity index is 429. The van der Waals surface area contributed by atoms with Crippen LogP contribution in [-0.2, 0) is 10.2 Å². The van der Waals surface area contributed by atoms with E-state index in [1.54, 1.807) is 8.61 Å². The molecule has 3 aliphatic heterocycles. The molecule has 0 amide bonds. The maximum atomic E-state index is 12.8. The Morgan fingerprint density at radius 3 is 2.30 bits per heavy atom. The van der Waals surface area contributed by atoms with Crippen LogP contribution in [0.15, 0.2) is 0 Å². The van der Waals surface area contributed by atoms with Gasteiger partial charge in [0, 0.05) is 32.2 Å². The van der Waals surface area contributed by atoms with Gasteiger partial charge in [-0.2, -0.15) is 17.0 Å². The van der Waals surface area contributed by atoms with Crippen LogP contribution in [0.2, 0.25) is 0 Å².